The summed E-state index contributed by atoms with van der Waals surface area (Å²) in [6.45, 7) is 5.81. The van der Waals surface area contributed by atoms with Crippen molar-refractivity contribution < 1.29 is 13.2 Å². The number of hydrogen-bond acceptors (Lipinski definition) is 6. The van der Waals surface area contributed by atoms with Crippen molar-refractivity contribution in [2.75, 3.05) is 16.7 Å². The van der Waals surface area contributed by atoms with Gasteiger partial charge in [-0.1, -0.05) is 11.8 Å². The van der Waals surface area contributed by atoms with E-state index in [9.17, 15) is 13.2 Å². The molecule has 24 heavy (non-hydrogen) atoms. The molecule has 0 unspecified atom stereocenters. The van der Waals surface area contributed by atoms with E-state index in [2.05, 4.69) is 14.7 Å². The molecule has 1 aromatic heterocycles. The summed E-state index contributed by atoms with van der Waals surface area (Å²) in [7, 11) is -3.32. The third-order valence-electron chi connectivity index (χ3n) is 3.45. The highest BCUT2D eigenvalue weighted by Crippen LogP contribution is 2.19. The Balaban J connectivity index is 2.02. The average molecular weight is 365 g/mol. The SMILES string of the molecule is Cc1nc(SCC(=O)c2ccc(NS(C)(=O)=O)cc2)nc(C)c1C. The molecule has 0 aliphatic rings. The number of ketones is 1. The van der Waals surface area contributed by atoms with E-state index in [1.807, 2.05) is 20.8 Å². The molecule has 8 heteroatoms. The van der Waals surface area contributed by atoms with Gasteiger partial charge in [-0.05, 0) is 50.6 Å². The van der Waals surface area contributed by atoms with E-state index in [-0.39, 0.29) is 11.5 Å². The van der Waals surface area contributed by atoms with Gasteiger partial charge >= 0.3 is 0 Å². The second-order valence-electron chi connectivity index (χ2n) is 5.47. The molecule has 0 radical (unpaired) electrons. The standard InChI is InChI=1S/C16H19N3O3S2/c1-10-11(2)17-16(18-12(10)3)23-9-15(20)13-5-7-14(8-6-13)19-24(4,21)22/h5-8,19H,9H2,1-4H3. The number of carbonyl (C=O) groups excluding carboxylic acids is 1. The molecule has 0 atom stereocenters. The Labute approximate surface area is 146 Å². The molecule has 0 spiro atoms. The van der Waals surface area contributed by atoms with Crippen LogP contribution in [0.1, 0.15) is 27.3 Å². The summed E-state index contributed by atoms with van der Waals surface area (Å²) in [6, 6.07) is 6.33. The van der Waals surface area contributed by atoms with Crippen LogP contribution in [0, 0.1) is 20.8 Å². The fourth-order valence-electron chi connectivity index (χ4n) is 1.96. The minimum atomic E-state index is -3.32. The molecule has 0 bridgehead atoms. The van der Waals surface area contributed by atoms with E-state index in [1.54, 1.807) is 24.3 Å². The Bertz CT molecular complexity index is 840. The third-order valence-corrected chi connectivity index (χ3v) is 4.91. The molecule has 0 saturated carbocycles. The van der Waals surface area contributed by atoms with Crippen LogP contribution in [0.15, 0.2) is 29.4 Å². The zero-order valence-corrected chi connectivity index (χ0v) is 15.6. The summed E-state index contributed by atoms with van der Waals surface area (Å²) < 4.78 is 24.7. The first-order valence-corrected chi connectivity index (χ1v) is 10.1. The number of hydrogen-bond donors (Lipinski definition) is 1. The van der Waals surface area contributed by atoms with Crippen LogP contribution in [-0.4, -0.2) is 36.2 Å². The maximum atomic E-state index is 12.2. The first kappa shape index (κ1) is 18.4. The van der Waals surface area contributed by atoms with E-state index in [4.69, 9.17) is 0 Å². The lowest BCUT2D eigenvalue weighted by Crippen LogP contribution is -2.10. The molecule has 1 aromatic carbocycles. The van der Waals surface area contributed by atoms with Crippen molar-refractivity contribution >= 4 is 33.3 Å². The van der Waals surface area contributed by atoms with Crippen LogP contribution >= 0.6 is 11.8 Å². The van der Waals surface area contributed by atoms with Crippen molar-refractivity contribution in [2.24, 2.45) is 0 Å². The van der Waals surface area contributed by atoms with E-state index >= 15 is 0 Å². The first-order valence-electron chi connectivity index (χ1n) is 7.21. The smallest absolute Gasteiger partial charge is 0.229 e. The lowest BCUT2D eigenvalue weighted by atomic mass is 10.1. The van der Waals surface area contributed by atoms with Gasteiger partial charge in [0.15, 0.2) is 10.9 Å². The van der Waals surface area contributed by atoms with Crippen molar-refractivity contribution in [2.45, 2.75) is 25.9 Å². The highest BCUT2D eigenvalue weighted by molar-refractivity contribution is 7.99. The van der Waals surface area contributed by atoms with Crippen LogP contribution < -0.4 is 4.72 Å². The monoisotopic (exact) mass is 365 g/mol. The molecular formula is C16H19N3O3S2. The third kappa shape index (κ3) is 5.04. The molecule has 0 saturated heterocycles. The van der Waals surface area contributed by atoms with Gasteiger partial charge in [0, 0.05) is 22.6 Å². The molecule has 6 nitrogen and oxygen atoms in total. The van der Waals surface area contributed by atoms with E-state index in [0.717, 1.165) is 23.2 Å². The van der Waals surface area contributed by atoms with E-state index in [1.165, 1.54) is 11.8 Å². The van der Waals surface area contributed by atoms with Gasteiger partial charge in [-0.25, -0.2) is 18.4 Å². The highest BCUT2D eigenvalue weighted by Gasteiger charge is 2.11. The highest BCUT2D eigenvalue weighted by atomic mass is 32.2. The van der Waals surface area contributed by atoms with Crippen LogP contribution in [0.4, 0.5) is 5.69 Å². The topological polar surface area (TPSA) is 89.0 Å². The fourth-order valence-corrected chi connectivity index (χ4v) is 3.35. The van der Waals surface area contributed by atoms with Crippen LogP contribution in [0.25, 0.3) is 0 Å². The minimum absolute atomic E-state index is 0.0645. The van der Waals surface area contributed by atoms with Crippen molar-refractivity contribution in [3.05, 3.63) is 46.8 Å². The summed E-state index contributed by atoms with van der Waals surface area (Å²) >= 11 is 1.29. The molecule has 2 rings (SSSR count). The number of sulfonamides is 1. The average Bonchev–Trinajstić information content (AvgIpc) is 2.49. The van der Waals surface area contributed by atoms with Gasteiger partial charge in [0.2, 0.25) is 10.0 Å². The van der Waals surface area contributed by atoms with Gasteiger partial charge < -0.3 is 0 Å². The predicted molar refractivity (Wildman–Crippen MR) is 96.2 cm³/mol. The number of aromatic nitrogens is 2. The number of rotatable bonds is 6. The number of aryl methyl sites for hydroxylation is 2. The summed E-state index contributed by atoms with van der Waals surface area (Å²) in [4.78, 5) is 21.0. The second-order valence-corrected chi connectivity index (χ2v) is 8.16. The maximum Gasteiger partial charge on any atom is 0.229 e. The minimum Gasteiger partial charge on any atom is -0.293 e. The van der Waals surface area contributed by atoms with Crippen LogP contribution in [0.2, 0.25) is 0 Å². The Morgan fingerprint density at radius 1 is 1.08 bits per heavy atom. The van der Waals surface area contributed by atoms with Gasteiger partial charge in [-0.3, -0.25) is 9.52 Å². The number of nitrogens with one attached hydrogen (secondary N) is 1. The van der Waals surface area contributed by atoms with Crippen LogP contribution in [-0.2, 0) is 10.0 Å². The Morgan fingerprint density at radius 3 is 2.12 bits per heavy atom. The van der Waals surface area contributed by atoms with Gasteiger partial charge in [-0.2, -0.15) is 0 Å². The number of anilines is 1. The fraction of sp³-hybridized carbons (Fsp3) is 0.312. The molecule has 1 heterocycles. The number of Topliss-reactive ketones (excluding diaryl/α,β-unsaturated/α-hetero) is 1. The Morgan fingerprint density at radius 2 is 1.62 bits per heavy atom. The first-order chi connectivity index (χ1) is 11.2. The maximum absolute atomic E-state index is 12.2. The zero-order valence-electron chi connectivity index (χ0n) is 14.0. The van der Waals surface area contributed by atoms with Gasteiger partial charge in [-0.15, -0.1) is 0 Å². The Kier molecular flexibility index (Phi) is 5.61. The zero-order chi connectivity index (χ0) is 17.9. The Hall–Kier alpha value is -1.93. The summed E-state index contributed by atoms with van der Waals surface area (Å²) in [5.41, 5.74) is 3.82. The lowest BCUT2D eigenvalue weighted by Gasteiger charge is -2.07. The molecule has 0 amide bonds. The quantitative estimate of drug-likeness (QED) is 0.481. The molecule has 1 N–H and O–H groups in total. The molecular weight excluding hydrogens is 346 g/mol. The van der Waals surface area contributed by atoms with E-state index < -0.39 is 10.0 Å². The lowest BCUT2D eigenvalue weighted by molar-refractivity contribution is 0.102. The molecule has 0 fully saturated rings. The normalized spacial score (nSPS) is 11.3. The molecule has 0 aliphatic heterocycles. The van der Waals surface area contributed by atoms with Gasteiger partial charge in [0.25, 0.3) is 0 Å². The summed E-state index contributed by atoms with van der Waals surface area (Å²) in [6.07, 6.45) is 1.08. The molecule has 2 aromatic rings. The van der Waals surface area contributed by atoms with E-state index in [0.29, 0.717) is 16.4 Å². The van der Waals surface area contributed by atoms with Crippen molar-refractivity contribution in [3.63, 3.8) is 0 Å². The second kappa shape index (κ2) is 7.31. The van der Waals surface area contributed by atoms with Gasteiger partial charge in [0.05, 0.1) is 12.0 Å². The van der Waals surface area contributed by atoms with Crippen molar-refractivity contribution in [1.29, 1.82) is 0 Å². The summed E-state index contributed by atoms with van der Waals surface area (Å²) in [5.74, 6) is 0.159. The van der Waals surface area contributed by atoms with Crippen LogP contribution in [0.5, 0.6) is 0 Å². The number of nitrogens with zero attached hydrogens (tertiary/aromatic N) is 2. The summed E-state index contributed by atoms with van der Waals surface area (Å²) in [5, 5.41) is 0.583. The van der Waals surface area contributed by atoms with Gasteiger partial charge in [0.1, 0.15) is 0 Å². The molecule has 0 aliphatic carbocycles. The number of carbonyl (C=O) groups is 1. The predicted octanol–water partition coefficient (Wildman–Crippen LogP) is 2.75. The van der Waals surface area contributed by atoms with Crippen LogP contribution in [0.3, 0.4) is 0 Å². The number of thioether (sulfide) groups is 1. The largest absolute Gasteiger partial charge is 0.293 e. The molecule has 128 valence electrons. The number of benzene rings is 1. The van der Waals surface area contributed by atoms with Crippen molar-refractivity contribution in [3.8, 4) is 0 Å². The van der Waals surface area contributed by atoms with Crippen molar-refractivity contribution in [1.82, 2.24) is 9.97 Å².